The minimum Gasteiger partial charge on any atom is -0.496 e. The number of hydrogen-bond donors (Lipinski definition) is 0. The van der Waals surface area contributed by atoms with Crippen LogP contribution < -0.4 is 15.0 Å². The molecule has 11 heteroatoms. The normalized spacial score (nSPS) is 14.2. The summed E-state index contributed by atoms with van der Waals surface area (Å²) in [5.41, 5.74) is 1.21. The number of halogens is 1. The molecular weight excluding hydrogens is 485 g/mol. The van der Waals surface area contributed by atoms with Crippen LogP contribution in [0.15, 0.2) is 59.4 Å². The van der Waals surface area contributed by atoms with E-state index in [9.17, 15) is 14.0 Å². The molecule has 1 aliphatic rings. The second kappa shape index (κ2) is 10.4. The summed E-state index contributed by atoms with van der Waals surface area (Å²) >= 11 is 1.33. The Morgan fingerprint density at radius 2 is 1.78 bits per heavy atom. The van der Waals surface area contributed by atoms with Gasteiger partial charge in [-0.2, -0.15) is 9.61 Å². The van der Waals surface area contributed by atoms with Crippen molar-refractivity contribution >= 4 is 22.2 Å². The number of carbonyl (C=O) groups is 1. The maximum absolute atomic E-state index is 13.7. The molecule has 2 aromatic carbocycles. The molecule has 1 amide bonds. The number of amides is 1. The molecule has 0 aliphatic carbocycles. The van der Waals surface area contributed by atoms with Crippen molar-refractivity contribution in [1.29, 1.82) is 0 Å². The number of benzene rings is 2. The Labute approximate surface area is 210 Å². The van der Waals surface area contributed by atoms with E-state index in [0.717, 1.165) is 5.56 Å². The standard InChI is InChI=1S/C25H24FN5O4S/c1-34-20-8-4-2-6-18(20)24-28-31-22(32)14-17(27-25(31)36-24)15-29-10-12-30(13-11-29)23(33)16-35-21-9-5-3-7-19(21)26/h2-9,14H,10-13,15-16H2,1H3. The Balaban J connectivity index is 1.21. The van der Waals surface area contributed by atoms with Gasteiger partial charge in [0, 0.05) is 38.8 Å². The summed E-state index contributed by atoms with van der Waals surface area (Å²) in [5.74, 6) is 0.0569. The first-order valence-corrected chi connectivity index (χ1v) is 12.2. The average Bonchev–Trinajstić information content (AvgIpc) is 3.33. The van der Waals surface area contributed by atoms with Crippen LogP contribution in [0.3, 0.4) is 0 Å². The van der Waals surface area contributed by atoms with E-state index in [2.05, 4.69) is 15.0 Å². The van der Waals surface area contributed by atoms with Gasteiger partial charge in [-0.1, -0.05) is 35.6 Å². The molecule has 2 aromatic heterocycles. The predicted octanol–water partition coefficient (Wildman–Crippen LogP) is 2.69. The largest absolute Gasteiger partial charge is 0.496 e. The number of fused-ring (bicyclic) bond motifs is 1. The number of ether oxygens (including phenoxy) is 2. The topological polar surface area (TPSA) is 89.3 Å². The van der Waals surface area contributed by atoms with E-state index in [4.69, 9.17) is 9.47 Å². The van der Waals surface area contributed by atoms with Crippen molar-refractivity contribution in [2.75, 3.05) is 39.9 Å². The monoisotopic (exact) mass is 509 g/mol. The Morgan fingerprint density at radius 1 is 1.06 bits per heavy atom. The molecule has 0 N–H and O–H groups in total. The van der Waals surface area contributed by atoms with E-state index in [-0.39, 0.29) is 23.8 Å². The van der Waals surface area contributed by atoms with Gasteiger partial charge in [0.05, 0.1) is 18.4 Å². The van der Waals surface area contributed by atoms with E-state index in [1.54, 1.807) is 24.1 Å². The Morgan fingerprint density at radius 3 is 2.53 bits per heavy atom. The number of para-hydroxylation sites is 2. The molecule has 4 aromatic rings. The van der Waals surface area contributed by atoms with Gasteiger partial charge in [-0.15, -0.1) is 0 Å². The fourth-order valence-corrected chi connectivity index (χ4v) is 5.00. The molecule has 1 aliphatic heterocycles. The number of nitrogens with zero attached hydrogens (tertiary/aromatic N) is 5. The molecule has 0 spiro atoms. The summed E-state index contributed by atoms with van der Waals surface area (Å²) < 4.78 is 25.8. The third kappa shape index (κ3) is 5.07. The Bertz CT molecular complexity index is 1450. The third-order valence-electron chi connectivity index (χ3n) is 5.93. The van der Waals surface area contributed by atoms with Crippen LogP contribution in [0, 0.1) is 5.82 Å². The van der Waals surface area contributed by atoms with E-state index < -0.39 is 5.82 Å². The summed E-state index contributed by atoms with van der Waals surface area (Å²) in [6, 6.07) is 15.0. The van der Waals surface area contributed by atoms with Crippen LogP contribution in [-0.2, 0) is 11.3 Å². The first-order valence-electron chi connectivity index (χ1n) is 11.4. The highest BCUT2D eigenvalue weighted by Gasteiger charge is 2.23. The summed E-state index contributed by atoms with van der Waals surface area (Å²) in [4.78, 5) is 34.2. The lowest BCUT2D eigenvalue weighted by Crippen LogP contribution is -2.49. The van der Waals surface area contributed by atoms with Crippen LogP contribution >= 0.6 is 11.3 Å². The summed E-state index contributed by atoms with van der Waals surface area (Å²) in [5, 5.41) is 5.09. The van der Waals surface area contributed by atoms with E-state index in [1.165, 1.54) is 34.1 Å². The summed E-state index contributed by atoms with van der Waals surface area (Å²) in [6.45, 7) is 2.55. The number of methoxy groups -OCH3 is 1. The summed E-state index contributed by atoms with van der Waals surface area (Å²) in [7, 11) is 1.60. The van der Waals surface area contributed by atoms with Gasteiger partial charge in [0.15, 0.2) is 23.2 Å². The van der Waals surface area contributed by atoms with Gasteiger partial charge in [-0.05, 0) is 24.3 Å². The van der Waals surface area contributed by atoms with Crippen LogP contribution in [0.1, 0.15) is 5.69 Å². The van der Waals surface area contributed by atoms with Crippen molar-refractivity contribution < 1.29 is 18.7 Å². The van der Waals surface area contributed by atoms with Gasteiger partial charge in [0.2, 0.25) is 4.96 Å². The lowest BCUT2D eigenvalue weighted by molar-refractivity contribution is -0.135. The average molecular weight is 510 g/mol. The third-order valence-corrected chi connectivity index (χ3v) is 6.88. The molecule has 1 saturated heterocycles. The molecule has 9 nitrogen and oxygen atoms in total. The molecule has 5 rings (SSSR count). The second-order valence-corrected chi connectivity index (χ2v) is 9.22. The fraction of sp³-hybridized carbons (Fsp3) is 0.280. The molecule has 0 unspecified atom stereocenters. The molecule has 1 fully saturated rings. The van der Waals surface area contributed by atoms with Gasteiger partial charge in [0.25, 0.3) is 11.5 Å². The molecule has 186 valence electrons. The van der Waals surface area contributed by atoms with Gasteiger partial charge < -0.3 is 14.4 Å². The lowest BCUT2D eigenvalue weighted by Gasteiger charge is -2.34. The zero-order valence-electron chi connectivity index (χ0n) is 19.6. The minimum absolute atomic E-state index is 0.0640. The van der Waals surface area contributed by atoms with Crippen LogP contribution in [0.5, 0.6) is 11.5 Å². The molecular formula is C25H24FN5O4S. The molecule has 0 atom stereocenters. The highest BCUT2D eigenvalue weighted by molar-refractivity contribution is 7.19. The summed E-state index contributed by atoms with van der Waals surface area (Å²) in [6.07, 6.45) is 0. The van der Waals surface area contributed by atoms with Gasteiger partial charge >= 0.3 is 0 Å². The highest BCUT2D eigenvalue weighted by Crippen LogP contribution is 2.32. The van der Waals surface area contributed by atoms with Gasteiger partial charge in [0.1, 0.15) is 5.75 Å². The zero-order chi connectivity index (χ0) is 25.1. The number of aromatic nitrogens is 3. The van der Waals surface area contributed by atoms with Crippen molar-refractivity contribution in [1.82, 2.24) is 24.4 Å². The second-order valence-electron chi connectivity index (χ2n) is 8.26. The van der Waals surface area contributed by atoms with Crippen molar-refractivity contribution in [3.63, 3.8) is 0 Å². The fourth-order valence-electron chi connectivity index (χ4n) is 4.04. The lowest BCUT2D eigenvalue weighted by atomic mass is 10.2. The number of hydrogen-bond acceptors (Lipinski definition) is 8. The molecule has 0 saturated carbocycles. The van der Waals surface area contributed by atoms with Crippen LogP contribution in [-0.4, -0.2) is 70.2 Å². The smallest absolute Gasteiger partial charge is 0.275 e. The first-order chi connectivity index (χ1) is 17.5. The SMILES string of the molecule is COc1ccccc1-c1nn2c(=O)cc(CN3CCN(C(=O)COc4ccccc4F)CC3)nc2s1. The van der Waals surface area contributed by atoms with Crippen LogP contribution in [0.25, 0.3) is 15.5 Å². The number of rotatable bonds is 7. The van der Waals surface area contributed by atoms with Crippen molar-refractivity contribution in [3.05, 3.63) is 76.5 Å². The first kappa shape index (κ1) is 23.9. The van der Waals surface area contributed by atoms with Crippen LogP contribution in [0.2, 0.25) is 0 Å². The number of carbonyl (C=O) groups excluding carboxylic acids is 1. The predicted molar refractivity (Wildman–Crippen MR) is 133 cm³/mol. The van der Waals surface area contributed by atoms with E-state index >= 15 is 0 Å². The Kier molecular flexibility index (Phi) is 6.92. The van der Waals surface area contributed by atoms with E-state index in [1.807, 2.05) is 24.3 Å². The number of piperazine rings is 1. The van der Waals surface area contributed by atoms with Crippen LogP contribution in [0.4, 0.5) is 4.39 Å². The van der Waals surface area contributed by atoms with Crippen molar-refractivity contribution in [2.45, 2.75) is 6.54 Å². The van der Waals surface area contributed by atoms with E-state index in [0.29, 0.717) is 54.1 Å². The molecule has 36 heavy (non-hydrogen) atoms. The maximum Gasteiger partial charge on any atom is 0.275 e. The minimum atomic E-state index is -0.494. The molecule has 0 bridgehead atoms. The highest BCUT2D eigenvalue weighted by atomic mass is 32.1. The molecule has 0 radical (unpaired) electrons. The maximum atomic E-state index is 13.7. The Hall–Kier alpha value is -3.83. The van der Waals surface area contributed by atoms with Gasteiger partial charge in [-0.3, -0.25) is 14.5 Å². The quantitative estimate of drug-likeness (QED) is 0.379. The van der Waals surface area contributed by atoms with Crippen molar-refractivity contribution in [2.24, 2.45) is 0 Å². The van der Waals surface area contributed by atoms with Gasteiger partial charge in [-0.25, -0.2) is 9.37 Å². The zero-order valence-corrected chi connectivity index (χ0v) is 20.4. The van der Waals surface area contributed by atoms with Crippen molar-refractivity contribution in [3.8, 4) is 22.1 Å². The molecule has 3 heterocycles.